The van der Waals surface area contributed by atoms with Crippen molar-refractivity contribution < 1.29 is 4.79 Å². The van der Waals surface area contributed by atoms with Gasteiger partial charge in [0.05, 0.1) is 6.04 Å². The average molecular weight is 308 g/mol. The normalized spacial score (nSPS) is 13.6. The fourth-order valence-corrected chi connectivity index (χ4v) is 2.33. The van der Waals surface area contributed by atoms with Gasteiger partial charge in [0.2, 0.25) is 5.91 Å². The largest absolute Gasteiger partial charge is 0.348 e. The maximum Gasteiger partial charge on any atom is 0.243 e. The first-order valence-electron chi connectivity index (χ1n) is 6.33. The van der Waals surface area contributed by atoms with Gasteiger partial charge < -0.3 is 5.32 Å². The monoisotopic (exact) mass is 307 g/mol. The molecule has 1 N–H and O–H groups in total. The number of carbonyl (C=O) groups excluding carboxylic acids is 1. The highest BCUT2D eigenvalue weighted by molar-refractivity contribution is 6.31. The first-order chi connectivity index (χ1) is 9.58. The van der Waals surface area contributed by atoms with Crippen molar-refractivity contribution in [3.63, 3.8) is 0 Å². The number of amides is 1. The summed E-state index contributed by atoms with van der Waals surface area (Å²) in [5, 5.41) is 2.84. The minimum atomic E-state index is -0.696. The van der Waals surface area contributed by atoms with Gasteiger partial charge in [0.25, 0.3) is 0 Å². The Bertz CT molecular complexity index is 586. The van der Waals surface area contributed by atoms with E-state index in [4.69, 9.17) is 23.2 Å². The molecule has 0 bridgehead atoms. The Kier molecular flexibility index (Phi) is 5.05. The van der Waals surface area contributed by atoms with Gasteiger partial charge in [-0.15, -0.1) is 11.6 Å². The van der Waals surface area contributed by atoms with Gasteiger partial charge in [0.15, 0.2) is 0 Å². The Morgan fingerprint density at radius 2 is 1.70 bits per heavy atom. The fourth-order valence-electron chi connectivity index (χ4n) is 1.92. The number of alkyl halides is 1. The van der Waals surface area contributed by atoms with E-state index in [9.17, 15) is 4.79 Å². The Hall–Kier alpha value is -1.51. The molecule has 1 unspecified atom stereocenters. The van der Waals surface area contributed by atoms with Gasteiger partial charge in [0, 0.05) is 5.02 Å². The summed E-state index contributed by atoms with van der Waals surface area (Å²) >= 11 is 12.1. The molecule has 0 saturated heterocycles. The van der Waals surface area contributed by atoms with Crippen LogP contribution in [0.25, 0.3) is 0 Å². The molecule has 0 fully saturated rings. The molecule has 0 aromatic heterocycles. The number of hydrogen-bond donors (Lipinski definition) is 1. The second kappa shape index (κ2) is 6.78. The average Bonchev–Trinajstić information content (AvgIpc) is 2.47. The fraction of sp³-hybridized carbons (Fsp3) is 0.188. The highest BCUT2D eigenvalue weighted by atomic mass is 35.5. The van der Waals surface area contributed by atoms with Gasteiger partial charge in [-0.1, -0.05) is 54.1 Å². The zero-order valence-corrected chi connectivity index (χ0v) is 12.5. The number of halogens is 2. The minimum absolute atomic E-state index is 0.147. The maximum atomic E-state index is 12.1. The molecule has 104 valence electrons. The molecular formula is C16H15Cl2NO. The quantitative estimate of drug-likeness (QED) is 0.828. The smallest absolute Gasteiger partial charge is 0.243 e. The zero-order valence-electron chi connectivity index (χ0n) is 11.0. The van der Waals surface area contributed by atoms with Crippen molar-refractivity contribution in [1.82, 2.24) is 5.32 Å². The van der Waals surface area contributed by atoms with Gasteiger partial charge in [-0.2, -0.15) is 0 Å². The van der Waals surface area contributed by atoms with E-state index < -0.39 is 5.38 Å². The number of benzene rings is 2. The first-order valence-corrected chi connectivity index (χ1v) is 7.14. The zero-order chi connectivity index (χ0) is 14.5. The molecule has 20 heavy (non-hydrogen) atoms. The van der Waals surface area contributed by atoms with Crippen molar-refractivity contribution in [1.29, 1.82) is 0 Å². The van der Waals surface area contributed by atoms with E-state index in [1.165, 1.54) is 0 Å². The topological polar surface area (TPSA) is 29.1 Å². The van der Waals surface area contributed by atoms with Crippen molar-refractivity contribution in [3.05, 3.63) is 70.7 Å². The summed E-state index contributed by atoms with van der Waals surface area (Å²) in [6.45, 7) is 1.90. The van der Waals surface area contributed by atoms with E-state index in [1.54, 1.807) is 6.07 Å². The second-order valence-electron chi connectivity index (χ2n) is 4.56. The summed E-state index contributed by atoms with van der Waals surface area (Å²) in [5.41, 5.74) is 1.73. The molecule has 0 aliphatic carbocycles. The molecule has 1 amide bonds. The van der Waals surface area contributed by atoms with Crippen LogP contribution >= 0.6 is 23.2 Å². The van der Waals surface area contributed by atoms with Crippen LogP contribution in [0.3, 0.4) is 0 Å². The predicted molar refractivity (Wildman–Crippen MR) is 83.0 cm³/mol. The summed E-state index contributed by atoms with van der Waals surface area (Å²) < 4.78 is 0. The Morgan fingerprint density at radius 3 is 2.35 bits per heavy atom. The van der Waals surface area contributed by atoms with Crippen LogP contribution in [0.1, 0.15) is 29.5 Å². The van der Waals surface area contributed by atoms with E-state index in [1.807, 2.05) is 55.5 Å². The van der Waals surface area contributed by atoms with Crippen molar-refractivity contribution in [2.45, 2.75) is 18.3 Å². The standard InChI is InChI=1S/C16H15Cl2NO/c1-11(13-8-5-9-14(17)10-13)19-16(20)15(18)12-6-3-2-4-7-12/h2-11,15H,1H3,(H,19,20)/t11-,15?/m0/s1. The van der Waals surface area contributed by atoms with Gasteiger partial charge in [-0.25, -0.2) is 0 Å². The van der Waals surface area contributed by atoms with Crippen molar-refractivity contribution in [3.8, 4) is 0 Å². The van der Waals surface area contributed by atoms with Gasteiger partial charge in [-0.3, -0.25) is 4.79 Å². The van der Waals surface area contributed by atoms with E-state index in [2.05, 4.69) is 5.32 Å². The van der Waals surface area contributed by atoms with E-state index in [0.29, 0.717) is 5.02 Å². The Balaban J connectivity index is 2.04. The molecule has 0 aliphatic rings. The molecule has 0 saturated carbocycles. The molecular weight excluding hydrogens is 293 g/mol. The van der Waals surface area contributed by atoms with Crippen molar-refractivity contribution >= 4 is 29.1 Å². The molecule has 2 nitrogen and oxygen atoms in total. The maximum absolute atomic E-state index is 12.1. The first kappa shape index (κ1) is 14.9. The van der Waals surface area contributed by atoms with E-state index >= 15 is 0 Å². The van der Waals surface area contributed by atoms with Crippen molar-refractivity contribution in [2.75, 3.05) is 0 Å². The third-order valence-corrected chi connectivity index (χ3v) is 3.72. The number of hydrogen-bond acceptors (Lipinski definition) is 1. The third kappa shape index (κ3) is 3.75. The molecule has 2 aromatic rings. The predicted octanol–water partition coefficient (Wildman–Crippen LogP) is 4.50. The highest BCUT2D eigenvalue weighted by Crippen LogP contribution is 2.23. The lowest BCUT2D eigenvalue weighted by Gasteiger charge is -2.17. The van der Waals surface area contributed by atoms with Crippen LogP contribution in [0.4, 0.5) is 0 Å². The molecule has 0 aliphatic heterocycles. The lowest BCUT2D eigenvalue weighted by Crippen LogP contribution is -2.29. The number of nitrogens with one attached hydrogen (secondary N) is 1. The van der Waals surface area contributed by atoms with Crippen LogP contribution in [0.15, 0.2) is 54.6 Å². The lowest BCUT2D eigenvalue weighted by molar-refractivity contribution is -0.121. The number of carbonyl (C=O) groups is 1. The van der Waals surface area contributed by atoms with Crippen LogP contribution in [0.2, 0.25) is 5.02 Å². The summed E-state index contributed by atoms with van der Waals surface area (Å²) in [6.07, 6.45) is 0. The molecule has 2 aromatic carbocycles. The van der Waals surface area contributed by atoms with Gasteiger partial charge in [0.1, 0.15) is 5.38 Å². The summed E-state index contributed by atoms with van der Waals surface area (Å²) in [5.74, 6) is -0.217. The van der Waals surface area contributed by atoms with E-state index in [0.717, 1.165) is 11.1 Å². The van der Waals surface area contributed by atoms with Crippen LogP contribution in [0.5, 0.6) is 0 Å². The SMILES string of the molecule is C[C@H](NC(=O)C(Cl)c1ccccc1)c1cccc(Cl)c1. The van der Waals surface area contributed by atoms with Crippen LogP contribution in [-0.2, 0) is 4.79 Å². The highest BCUT2D eigenvalue weighted by Gasteiger charge is 2.19. The molecule has 0 radical (unpaired) electrons. The molecule has 0 heterocycles. The molecule has 4 heteroatoms. The molecule has 2 rings (SSSR count). The van der Waals surface area contributed by atoms with Crippen LogP contribution in [0, 0.1) is 0 Å². The molecule has 2 atom stereocenters. The second-order valence-corrected chi connectivity index (χ2v) is 5.43. The van der Waals surface area contributed by atoms with Gasteiger partial charge >= 0.3 is 0 Å². The summed E-state index contributed by atoms with van der Waals surface area (Å²) in [7, 11) is 0. The van der Waals surface area contributed by atoms with Gasteiger partial charge in [-0.05, 0) is 30.2 Å². The Morgan fingerprint density at radius 1 is 1.05 bits per heavy atom. The molecule has 0 spiro atoms. The minimum Gasteiger partial charge on any atom is -0.348 e. The number of rotatable bonds is 4. The summed E-state index contributed by atoms with van der Waals surface area (Å²) in [6, 6.07) is 16.5. The summed E-state index contributed by atoms with van der Waals surface area (Å²) in [4.78, 5) is 12.1. The van der Waals surface area contributed by atoms with Crippen LogP contribution in [-0.4, -0.2) is 5.91 Å². The van der Waals surface area contributed by atoms with Crippen molar-refractivity contribution in [2.24, 2.45) is 0 Å². The van der Waals surface area contributed by atoms with Crippen LogP contribution < -0.4 is 5.32 Å². The Labute approximate surface area is 128 Å². The van der Waals surface area contributed by atoms with E-state index in [-0.39, 0.29) is 11.9 Å². The lowest BCUT2D eigenvalue weighted by atomic mass is 10.1. The third-order valence-electron chi connectivity index (χ3n) is 3.03.